The summed E-state index contributed by atoms with van der Waals surface area (Å²) in [5.41, 5.74) is 0.834. The van der Waals surface area contributed by atoms with Gasteiger partial charge in [-0.3, -0.25) is 4.79 Å². The van der Waals surface area contributed by atoms with Crippen molar-refractivity contribution in [2.75, 3.05) is 38.8 Å². The van der Waals surface area contributed by atoms with Crippen LogP contribution in [0.1, 0.15) is 6.42 Å². The Morgan fingerprint density at radius 1 is 1.58 bits per heavy atom. The van der Waals surface area contributed by atoms with Crippen molar-refractivity contribution in [3.05, 3.63) is 24.3 Å². The molecular weight excluding hydrogens is 244 g/mol. The Balaban J connectivity index is 1.97. The quantitative estimate of drug-likeness (QED) is 0.882. The van der Waals surface area contributed by atoms with E-state index in [1.807, 2.05) is 24.3 Å². The van der Waals surface area contributed by atoms with Gasteiger partial charge in [0.25, 0.3) is 0 Å². The van der Waals surface area contributed by atoms with Crippen LogP contribution < -0.4 is 15.0 Å². The SMILES string of the molecule is COc1cccc(N(C)C(=O)CC2COCCN2)c1. The Kier molecular flexibility index (Phi) is 4.76. The first-order valence-electron chi connectivity index (χ1n) is 6.42. The van der Waals surface area contributed by atoms with Gasteiger partial charge in [0.1, 0.15) is 5.75 Å². The predicted molar refractivity (Wildman–Crippen MR) is 73.6 cm³/mol. The molecule has 0 aliphatic carbocycles. The van der Waals surface area contributed by atoms with Gasteiger partial charge >= 0.3 is 0 Å². The van der Waals surface area contributed by atoms with E-state index in [1.165, 1.54) is 0 Å². The summed E-state index contributed by atoms with van der Waals surface area (Å²) < 4.78 is 10.5. The molecule has 1 aromatic rings. The summed E-state index contributed by atoms with van der Waals surface area (Å²) >= 11 is 0. The van der Waals surface area contributed by atoms with E-state index >= 15 is 0 Å². The maximum absolute atomic E-state index is 12.2. The second-order valence-electron chi connectivity index (χ2n) is 4.58. The number of carbonyl (C=O) groups excluding carboxylic acids is 1. The van der Waals surface area contributed by atoms with Gasteiger partial charge in [0.2, 0.25) is 5.91 Å². The molecule has 5 nitrogen and oxygen atoms in total. The Morgan fingerprint density at radius 3 is 3.11 bits per heavy atom. The lowest BCUT2D eigenvalue weighted by Crippen LogP contribution is -2.44. The number of hydrogen-bond donors (Lipinski definition) is 1. The van der Waals surface area contributed by atoms with Gasteiger partial charge in [-0.05, 0) is 12.1 Å². The van der Waals surface area contributed by atoms with Crippen LogP contribution in [0.4, 0.5) is 5.69 Å². The predicted octanol–water partition coefficient (Wildman–Crippen LogP) is 1.04. The van der Waals surface area contributed by atoms with Gasteiger partial charge in [0, 0.05) is 37.8 Å². The van der Waals surface area contributed by atoms with Crippen molar-refractivity contribution in [3.63, 3.8) is 0 Å². The number of anilines is 1. The number of nitrogens with zero attached hydrogens (tertiary/aromatic N) is 1. The minimum atomic E-state index is 0.0660. The third-order valence-corrected chi connectivity index (χ3v) is 3.23. The Labute approximate surface area is 113 Å². The topological polar surface area (TPSA) is 50.8 Å². The molecule has 1 unspecified atom stereocenters. The minimum absolute atomic E-state index is 0.0660. The second kappa shape index (κ2) is 6.54. The van der Waals surface area contributed by atoms with Crippen LogP contribution in [0, 0.1) is 0 Å². The molecular formula is C14H20N2O3. The monoisotopic (exact) mass is 264 g/mol. The number of ether oxygens (including phenoxy) is 2. The van der Waals surface area contributed by atoms with Crippen LogP contribution in [0.2, 0.25) is 0 Å². The van der Waals surface area contributed by atoms with E-state index in [4.69, 9.17) is 9.47 Å². The Morgan fingerprint density at radius 2 is 2.42 bits per heavy atom. The first-order chi connectivity index (χ1) is 9.20. The molecule has 1 N–H and O–H groups in total. The largest absolute Gasteiger partial charge is 0.497 e. The Hall–Kier alpha value is -1.59. The smallest absolute Gasteiger partial charge is 0.228 e. The summed E-state index contributed by atoms with van der Waals surface area (Å²) in [4.78, 5) is 13.9. The molecule has 0 aromatic heterocycles. The highest BCUT2D eigenvalue weighted by atomic mass is 16.5. The lowest BCUT2D eigenvalue weighted by Gasteiger charge is -2.25. The van der Waals surface area contributed by atoms with Gasteiger partial charge in [0.15, 0.2) is 0 Å². The molecule has 104 valence electrons. The lowest BCUT2D eigenvalue weighted by molar-refractivity contribution is -0.119. The zero-order valence-corrected chi connectivity index (χ0v) is 11.4. The third-order valence-electron chi connectivity index (χ3n) is 3.23. The number of methoxy groups -OCH3 is 1. The fourth-order valence-corrected chi connectivity index (χ4v) is 2.06. The average molecular weight is 264 g/mol. The molecule has 5 heteroatoms. The van der Waals surface area contributed by atoms with Crippen molar-refractivity contribution in [2.24, 2.45) is 0 Å². The highest BCUT2D eigenvalue weighted by molar-refractivity contribution is 5.93. The van der Waals surface area contributed by atoms with E-state index in [0.29, 0.717) is 13.0 Å². The number of rotatable bonds is 4. The van der Waals surface area contributed by atoms with Gasteiger partial charge in [-0.15, -0.1) is 0 Å². The molecule has 0 spiro atoms. The van der Waals surface area contributed by atoms with Crippen LogP contribution in [0.5, 0.6) is 5.75 Å². The summed E-state index contributed by atoms with van der Waals surface area (Å²) in [6.07, 6.45) is 0.438. The summed E-state index contributed by atoms with van der Waals surface area (Å²) in [7, 11) is 3.39. The molecule has 1 atom stereocenters. The molecule has 0 radical (unpaired) electrons. The average Bonchev–Trinajstić information content (AvgIpc) is 2.47. The summed E-state index contributed by atoms with van der Waals surface area (Å²) in [5.74, 6) is 0.813. The highest BCUT2D eigenvalue weighted by Crippen LogP contribution is 2.20. The van der Waals surface area contributed by atoms with Crippen LogP contribution in [0.25, 0.3) is 0 Å². The number of amides is 1. The molecule has 1 saturated heterocycles. The number of nitrogens with one attached hydrogen (secondary N) is 1. The molecule has 2 rings (SSSR count). The highest BCUT2D eigenvalue weighted by Gasteiger charge is 2.20. The molecule has 0 bridgehead atoms. The molecule has 1 heterocycles. The second-order valence-corrected chi connectivity index (χ2v) is 4.58. The maximum Gasteiger partial charge on any atom is 0.228 e. The molecule has 1 aliphatic heterocycles. The molecule has 19 heavy (non-hydrogen) atoms. The minimum Gasteiger partial charge on any atom is -0.497 e. The molecule has 1 aliphatic rings. The fourth-order valence-electron chi connectivity index (χ4n) is 2.06. The van der Waals surface area contributed by atoms with Crippen molar-refractivity contribution >= 4 is 11.6 Å². The van der Waals surface area contributed by atoms with Crippen molar-refractivity contribution < 1.29 is 14.3 Å². The van der Waals surface area contributed by atoms with Crippen molar-refractivity contribution in [3.8, 4) is 5.75 Å². The summed E-state index contributed by atoms with van der Waals surface area (Å²) in [6.45, 7) is 2.12. The van der Waals surface area contributed by atoms with Crippen LogP contribution >= 0.6 is 0 Å². The zero-order valence-electron chi connectivity index (χ0n) is 11.4. The van der Waals surface area contributed by atoms with Crippen molar-refractivity contribution in [2.45, 2.75) is 12.5 Å². The fraction of sp³-hybridized carbons (Fsp3) is 0.500. The van der Waals surface area contributed by atoms with E-state index in [2.05, 4.69) is 5.32 Å². The van der Waals surface area contributed by atoms with E-state index < -0.39 is 0 Å². The van der Waals surface area contributed by atoms with Gasteiger partial charge < -0.3 is 19.7 Å². The van der Waals surface area contributed by atoms with Crippen LogP contribution in [0.15, 0.2) is 24.3 Å². The molecule has 1 amide bonds. The standard InChI is InChI=1S/C14H20N2O3/c1-16(12-4-3-5-13(9-12)18-2)14(17)8-11-10-19-7-6-15-11/h3-5,9,11,15H,6-8,10H2,1-2H3. The van der Waals surface area contributed by atoms with Gasteiger partial charge in [-0.2, -0.15) is 0 Å². The summed E-state index contributed by atoms with van der Waals surface area (Å²) in [5, 5.41) is 3.28. The first-order valence-corrected chi connectivity index (χ1v) is 6.42. The molecule has 0 saturated carbocycles. The number of carbonyl (C=O) groups is 1. The number of morpholine rings is 1. The third kappa shape index (κ3) is 3.68. The summed E-state index contributed by atoms with van der Waals surface area (Å²) in [6, 6.07) is 7.58. The van der Waals surface area contributed by atoms with Crippen LogP contribution in [-0.4, -0.2) is 45.9 Å². The van der Waals surface area contributed by atoms with Crippen molar-refractivity contribution in [1.29, 1.82) is 0 Å². The van der Waals surface area contributed by atoms with Crippen LogP contribution in [-0.2, 0) is 9.53 Å². The Bertz CT molecular complexity index is 430. The van der Waals surface area contributed by atoms with E-state index in [1.54, 1.807) is 19.1 Å². The normalized spacial score (nSPS) is 18.9. The van der Waals surface area contributed by atoms with E-state index in [0.717, 1.165) is 24.6 Å². The zero-order chi connectivity index (χ0) is 13.7. The molecule has 1 aromatic carbocycles. The molecule has 1 fully saturated rings. The maximum atomic E-state index is 12.2. The van der Waals surface area contributed by atoms with Gasteiger partial charge in [-0.25, -0.2) is 0 Å². The van der Waals surface area contributed by atoms with Crippen LogP contribution in [0.3, 0.4) is 0 Å². The van der Waals surface area contributed by atoms with Gasteiger partial charge in [-0.1, -0.05) is 6.07 Å². The number of hydrogen-bond acceptors (Lipinski definition) is 4. The van der Waals surface area contributed by atoms with E-state index in [-0.39, 0.29) is 11.9 Å². The van der Waals surface area contributed by atoms with E-state index in [9.17, 15) is 4.79 Å². The van der Waals surface area contributed by atoms with Gasteiger partial charge in [0.05, 0.1) is 20.3 Å². The number of benzene rings is 1. The van der Waals surface area contributed by atoms with Crippen molar-refractivity contribution in [1.82, 2.24) is 5.32 Å². The first kappa shape index (κ1) is 13.8. The lowest BCUT2D eigenvalue weighted by atomic mass is 10.1.